The van der Waals surface area contributed by atoms with E-state index in [-0.39, 0.29) is 5.91 Å². The third-order valence-electron chi connectivity index (χ3n) is 4.12. The van der Waals surface area contributed by atoms with Crippen molar-refractivity contribution in [2.24, 2.45) is 0 Å². The van der Waals surface area contributed by atoms with Crippen LogP contribution in [0.3, 0.4) is 0 Å². The molecule has 1 amide bonds. The number of benzene rings is 2. The number of amides is 1. The number of aryl methyl sites for hydroxylation is 1. The summed E-state index contributed by atoms with van der Waals surface area (Å²) in [4.78, 5) is 16.9. The van der Waals surface area contributed by atoms with Crippen LogP contribution in [0.1, 0.15) is 29.8 Å². The largest absolute Gasteiger partial charge is 0.492 e. The molecule has 0 aliphatic carbocycles. The SMILES string of the molecule is CCOc1ccccc1Nc1ccc(C(=O)Nc2ccccc2CC)cn1. The van der Waals surface area contributed by atoms with E-state index in [1.54, 1.807) is 18.3 Å². The summed E-state index contributed by atoms with van der Waals surface area (Å²) >= 11 is 0. The van der Waals surface area contributed by atoms with Crippen molar-refractivity contribution in [2.75, 3.05) is 17.2 Å². The quantitative estimate of drug-likeness (QED) is 0.619. The average Bonchev–Trinajstić information content (AvgIpc) is 2.70. The van der Waals surface area contributed by atoms with Crippen LogP contribution in [0.25, 0.3) is 0 Å². The van der Waals surface area contributed by atoms with E-state index >= 15 is 0 Å². The molecule has 138 valence electrons. The Hall–Kier alpha value is -3.34. The Morgan fingerprint density at radius 2 is 1.70 bits per heavy atom. The lowest BCUT2D eigenvalue weighted by atomic mass is 10.1. The maximum absolute atomic E-state index is 12.5. The molecule has 3 rings (SSSR count). The van der Waals surface area contributed by atoms with Crippen molar-refractivity contribution in [3.05, 3.63) is 78.0 Å². The number of rotatable bonds is 7. The normalized spacial score (nSPS) is 10.3. The maximum Gasteiger partial charge on any atom is 0.257 e. The molecule has 0 aliphatic heterocycles. The number of aromatic nitrogens is 1. The van der Waals surface area contributed by atoms with Crippen LogP contribution >= 0.6 is 0 Å². The number of carbonyl (C=O) groups is 1. The van der Waals surface area contributed by atoms with Gasteiger partial charge in [-0.3, -0.25) is 4.79 Å². The number of hydrogen-bond acceptors (Lipinski definition) is 4. The predicted molar refractivity (Wildman–Crippen MR) is 109 cm³/mol. The van der Waals surface area contributed by atoms with Gasteiger partial charge in [0.1, 0.15) is 11.6 Å². The van der Waals surface area contributed by atoms with Gasteiger partial charge in [-0.25, -0.2) is 4.98 Å². The highest BCUT2D eigenvalue weighted by Gasteiger charge is 2.10. The van der Waals surface area contributed by atoms with Gasteiger partial charge in [-0.15, -0.1) is 0 Å². The topological polar surface area (TPSA) is 63.2 Å². The van der Waals surface area contributed by atoms with Gasteiger partial charge in [-0.2, -0.15) is 0 Å². The smallest absolute Gasteiger partial charge is 0.257 e. The Labute approximate surface area is 159 Å². The lowest BCUT2D eigenvalue weighted by Gasteiger charge is -2.12. The van der Waals surface area contributed by atoms with Crippen LogP contribution in [0.4, 0.5) is 17.2 Å². The highest BCUT2D eigenvalue weighted by molar-refractivity contribution is 6.04. The summed E-state index contributed by atoms with van der Waals surface area (Å²) in [5, 5.41) is 6.18. The molecule has 5 heteroatoms. The molecule has 0 unspecified atom stereocenters. The van der Waals surface area contributed by atoms with E-state index in [9.17, 15) is 4.79 Å². The fraction of sp³-hybridized carbons (Fsp3) is 0.182. The zero-order valence-electron chi connectivity index (χ0n) is 15.5. The Morgan fingerprint density at radius 1 is 0.963 bits per heavy atom. The molecular formula is C22H23N3O2. The van der Waals surface area contributed by atoms with Crippen molar-refractivity contribution in [1.82, 2.24) is 4.98 Å². The third-order valence-corrected chi connectivity index (χ3v) is 4.12. The molecule has 2 N–H and O–H groups in total. The number of pyridine rings is 1. The predicted octanol–water partition coefficient (Wildman–Crippen LogP) is 5.04. The minimum absolute atomic E-state index is 0.176. The highest BCUT2D eigenvalue weighted by Crippen LogP contribution is 2.26. The summed E-state index contributed by atoms with van der Waals surface area (Å²) in [6.07, 6.45) is 2.42. The number of anilines is 3. The third kappa shape index (κ3) is 4.64. The molecule has 0 atom stereocenters. The van der Waals surface area contributed by atoms with Gasteiger partial charge in [0.05, 0.1) is 17.9 Å². The van der Waals surface area contributed by atoms with Crippen molar-refractivity contribution in [1.29, 1.82) is 0 Å². The fourth-order valence-electron chi connectivity index (χ4n) is 2.74. The minimum Gasteiger partial charge on any atom is -0.492 e. The summed E-state index contributed by atoms with van der Waals surface area (Å²) in [5.41, 5.74) is 3.27. The molecule has 0 saturated carbocycles. The lowest BCUT2D eigenvalue weighted by Crippen LogP contribution is -2.13. The van der Waals surface area contributed by atoms with E-state index in [0.717, 1.165) is 29.1 Å². The number of para-hydroxylation sites is 3. The molecule has 0 bridgehead atoms. The Balaban J connectivity index is 1.71. The zero-order chi connectivity index (χ0) is 19.1. The molecule has 2 aromatic carbocycles. The number of hydrogen-bond donors (Lipinski definition) is 2. The Kier molecular flexibility index (Phi) is 6.05. The van der Waals surface area contributed by atoms with E-state index in [0.29, 0.717) is 18.0 Å². The van der Waals surface area contributed by atoms with Gasteiger partial charge in [0.2, 0.25) is 0 Å². The second kappa shape index (κ2) is 8.85. The minimum atomic E-state index is -0.176. The Bertz CT molecular complexity index is 907. The first-order valence-electron chi connectivity index (χ1n) is 9.05. The van der Waals surface area contributed by atoms with Gasteiger partial charge < -0.3 is 15.4 Å². The summed E-state index contributed by atoms with van der Waals surface area (Å²) < 4.78 is 5.60. The number of nitrogens with zero attached hydrogens (tertiary/aromatic N) is 1. The van der Waals surface area contributed by atoms with E-state index in [1.165, 1.54) is 0 Å². The second-order valence-electron chi connectivity index (χ2n) is 5.95. The molecule has 0 saturated heterocycles. The summed E-state index contributed by atoms with van der Waals surface area (Å²) in [7, 11) is 0. The van der Waals surface area contributed by atoms with Crippen LogP contribution in [0.5, 0.6) is 5.75 Å². The molecule has 3 aromatic rings. The Morgan fingerprint density at radius 3 is 2.41 bits per heavy atom. The van der Waals surface area contributed by atoms with Gasteiger partial charge in [-0.1, -0.05) is 37.3 Å². The molecule has 5 nitrogen and oxygen atoms in total. The van der Waals surface area contributed by atoms with E-state index in [1.807, 2.05) is 55.5 Å². The van der Waals surface area contributed by atoms with Gasteiger partial charge in [0, 0.05) is 11.9 Å². The van der Waals surface area contributed by atoms with Gasteiger partial charge in [0.25, 0.3) is 5.91 Å². The molecule has 0 fully saturated rings. The van der Waals surface area contributed by atoms with Crippen molar-refractivity contribution in [3.8, 4) is 5.75 Å². The maximum atomic E-state index is 12.5. The molecule has 1 heterocycles. The van der Waals surface area contributed by atoms with Crippen LogP contribution in [0.15, 0.2) is 66.9 Å². The molecule has 0 spiro atoms. The first-order valence-corrected chi connectivity index (χ1v) is 9.05. The van der Waals surface area contributed by atoms with Gasteiger partial charge in [0.15, 0.2) is 0 Å². The molecule has 0 radical (unpaired) electrons. The molecular weight excluding hydrogens is 338 g/mol. The van der Waals surface area contributed by atoms with E-state index in [4.69, 9.17) is 4.74 Å². The van der Waals surface area contributed by atoms with Crippen LogP contribution in [-0.4, -0.2) is 17.5 Å². The van der Waals surface area contributed by atoms with E-state index in [2.05, 4.69) is 22.5 Å². The molecule has 27 heavy (non-hydrogen) atoms. The standard InChI is InChI=1S/C22H23N3O2/c1-3-16-9-5-6-10-18(16)25-22(26)17-13-14-21(23-15-17)24-19-11-7-8-12-20(19)27-4-2/h5-15H,3-4H2,1-2H3,(H,23,24)(H,25,26). The summed E-state index contributed by atoms with van der Waals surface area (Å²) in [6, 6.07) is 19.0. The first-order chi connectivity index (χ1) is 13.2. The highest BCUT2D eigenvalue weighted by atomic mass is 16.5. The van der Waals surface area contributed by atoms with Crippen LogP contribution in [-0.2, 0) is 6.42 Å². The summed E-state index contributed by atoms with van der Waals surface area (Å²) in [5.74, 6) is 1.23. The molecule has 1 aromatic heterocycles. The fourth-order valence-corrected chi connectivity index (χ4v) is 2.74. The van der Waals surface area contributed by atoms with Gasteiger partial charge >= 0.3 is 0 Å². The van der Waals surface area contributed by atoms with Crippen molar-refractivity contribution < 1.29 is 9.53 Å². The summed E-state index contributed by atoms with van der Waals surface area (Å²) in [6.45, 7) is 4.59. The number of carbonyl (C=O) groups excluding carboxylic acids is 1. The molecule has 0 aliphatic rings. The lowest BCUT2D eigenvalue weighted by molar-refractivity contribution is 0.102. The van der Waals surface area contributed by atoms with Crippen LogP contribution in [0, 0.1) is 0 Å². The van der Waals surface area contributed by atoms with E-state index < -0.39 is 0 Å². The van der Waals surface area contributed by atoms with Crippen LogP contribution < -0.4 is 15.4 Å². The van der Waals surface area contributed by atoms with Crippen LogP contribution in [0.2, 0.25) is 0 Å². The number of nitrogens with one attached hydrogen (secondary N) is 2. The van der Waals surface area contributed by atoms with Crippen molar-refractivity contribution in [2.45, 2.75) is 20.3 Å². The first kappa shape index (κ1) is 18.5. The number of ether oxygens (including phenoxy) is 1. The van der Waals surface area contributed by atoms with Crippen molar-refractivity contribution >= 4 is 23.1 Å². The van der Waals surface area contributed by atoms with Crippen molar-refractivity contribution in [3.63, 3.8) is 0 Å². The average molecular weight is 361 g/mol. The second-order valence-corrected chi connectivity index (χ2v) is 5.95. The zero-order valence-corrected chi connectivity index (χ0v) is 15.5. The van der Waals surface area contributed by atoms with Gasteiger partial charge in [-0.05, 0) is 49.2 Å². The monoisotopic (exact) mass is 361 g/mol.